The van der Waals surface area contributed by atoms with E-state index in [1.54, 1.807) is 11.6 Å². The van der Waals surface area contributed by atoms with Gasteiger partial charge in [-0.3, -0.25) is 9.59 Å². The number of carboxylic acids is 1. The van der Waals surface area contributed by atoms with Crippen molar-refractivity contribution >= 4 is 34.6 Å². The summed E-state index contributed by atoms with van der Waals surface area (Å²) in [5.41, 5.74) is 1.44. The fraction of sp³-hybridized carbons (Fsp3) is 0.357. The van der Waals surface area contributed by atoms with Gasteiger partial charge in [-0.25, -0.2) is 4.98 Å². The zero-order valence-corrected chi connectivity index (χ0v) is 13.5. The van der Waals surface area contributed by atoms with Crippen molar-refractivity contribution < 1.29 is 14.7 Å². The summed E-state index contributed by atoms with van der Waals surface area (Å²) in [5, 5.41) is 13.7. The van der Waals surface area contributed by atoms with Gasteiger partial charge in [-0.15, -0.1) is 11.3 Å². The third kappa shape index (κ3) is 3.89. The van der Waals surface area contributed by atoms with Gasteiger partial charge >= 0.3 is 5.97 Å². The SMILES string of the molecule is CCc1ncc(CN(CC(=O)O)C(=O)c2cscc2C)s1. The van der Waals surface area contributed by atoms with E-state index in [4.69, 9.17) is 5.11 Å². The minimum absolute atomic E-state index is 0.248. The molecule has 2 aromatic rings. The second-order valence-corrected chi connectivity index (χ2v) is 6.54. The zero-order chi connectivity index (χ0) is 15.4. The molecule has 0 radical (unpaired) electrons. The minimum Gasteiger partial charge on any atom is -0.480 e. The molecule has 0 atom stereocenters. The molecule has 7 heteroatoms. The summed E-state index contributed by atoms with van der Waals surface area (Å²) in [6.07, 6.45) is 2.55. The number of amides is 1. The van der Waals surface area contributed by atoms with Crippen LogP contribution in [-0.4, -0.2) is 33.4 Å². The molecular formula is C14H16N2O3S2. The monoisotopic (exact) mass is 324 g/mol. The lowest BCUT2D eigenvalue weighted by atomic mass is 10.2. The summed E-state index contributed by atoms with van der Waals surface area (Å²) < 4.78 is 0. The summed E-state index contributed by atoms with van der Waals surface area (Å²) in [5.74, 6) is -1.26. The van der Waals surface area contributed by atoms with Gasteiger partial charge in [-0.2, -0.15) is 11.3 Å². The first kappa shape index (κ1) is 15.7. The van der Waals surface area contributed by atoms with Crippen LogP contribution in [0, 0.1) is 6.92 Å². The van der Waals surface area contributed by atoms with Crippen molar-refractivity contribution in [3.63, 3.8) is 0 Å². The Balaban J connectivity index is 2.19. The first-order valence-electron chi connectivity index (χ1n) is 6.48. The highest BCUT2D eigenvalue weighted by Gasteiger charge is 2.21. The quantitative estimate of drug-likeness (QED) is 0.887. The maximum absolute atomic E-state index is 12.5. The fourth-order valence-corrected chi connectivity index (χ4v) is 3.59. The highest BCUT2D eigenvalue weighted by molar-refractivity contribution is 7.11. The van der Waals surface area contributed by atoms with Gasteiger partial charge in [0.05, 0.1) is 17.1 Å². The van der Waals surface area contributed by atoms with E-state index in [1.165, 1.54) is 27.6 Å². The van der Waals surface area contributed by atoms with Gasteiger partial charge in [0.1, 0.15) is 6.54 Å². The number of aryl methyl sites for hydroxylation is 2. The van der Waals surface area contributed by atoms with Crippen molar-refractivity contribution in [1.82, 2.24) is 9.88 Å². The van der Waals surface area contributed by atoms with Crippen molar-refractivity contribution in [2.45, 2.75) is 26.8 Å². The molecule has 0 bridgehead atoms. The number of hydrogen-bond acceptors (Lipinski definition) is 5. The molecule has 0 saturated carbocycles. The molecule has 2 heterocycles. The number of hydrogen-bond donors (Lipinski definition) is 1. The zero-order valence-electron chi connectivity index (χ0n) is 11.8. The number of rotatable bonds is 6. The van der Waals surface area contributed by atoms with E-state index in [0.29, 0.717) is 5.56 Å². The molecule has 1 N–H and O–H groups in total. The number of aromatic nitrogens is 1. The maximum Gasteiger partial charge on any atom is 0.323 e. The molecule has 21 heavy (non-hydrogen) atoms. The molecule has 0 spiro atoms. The molecule has 5 nitrogen and oxygen atoms in total. The molecule has 2 aromatic heterocycles. The Morgan fingerprint density at radius 1 is 1.38 bits per heavy atom. The lowest BCUT2D eigenvalue weighted by molar-refractivity contribution is -0.137. The van der Waals surface area contributed by atoms with Gasteiger partial charge in [0.2, 0.25) is 0 Å². The number of carbonyl (C=O) groups excluding carboxylic acids is 1. The molecule has 112 valence electrons. The molecule has 0 aliphatic heterocycles. The van der Waals surface area contributed by atoms with Crippen molar-refractivity contribution in [2.75, 3.05) is 6.54 Å². The predicted octanol–water partition coefficient (Wildman–Crippen LogP) is 2.80. The average Bonchev–Trinajstić information content (AvgIpc) is 3.05. The number of aliphatic carboxylic acids is 1. The standard InChI is InChI=1S/C14H16N2O3S2/c1-3-12-15-4-10(21-12)5-16(6-13(17)18)14(19)11-8-20-7-9(11)2/h4,7-8H,3,5-6H2,1-2H3,(H,17,18). The lowest BCUT2D eigenvalue weighted by Gasteiger charge is -2.19. The Hall–Kier alpha value is -1.73. The van der Waals surface area contributed by atoms with Crippen LogP contribution in [0.1, 0.15) is 32.7 Å². The van der Waals surface area contributed by atoms with Crippen molar-refractivity contribution in [3.05, 3.63) is 38.0 Å². The molecule has 0 saturated heterocycles. The fourth-order valence-electron chi connectivity index (χ4n) is 1.89. The number of thiazole rings is 1. The average molecular weight is 324 g/mol. The predicted molar refractivity (Wildman–Crippen MR) is 82.9 cm³/mol. The Labute approximate surface area is 130 Å². The maximum atomic E-state index is 12.5. The Bertz CT molecular complexity index is 648. The van der Waals surface area contributed by atoms with Gasteiger partial charge in [-0.05, 0) is 24.3 Å². The highest BCUT2D eigenvalue weighted by Crippen LogP contribution is 2.20. The molecule has 0 aliphatic rings. The van der Waals surface area contributed by atoms with E-state index < -0.39 is 5.97 Å². The first-order valence-corrected chi connectivity index (χ1v) is 8.24. The topological polar surface area (TPSA) is 70.5 Å². The van der Waals surface area contributed by atoms with E-state index in [2.05, 4.69) is 4.98 Å². The van der Waals surface area contributed by atoms with E-state index in [0.717, 1.165) is 21.9 Å². The van der Waals surface area contributed by atoms with E-state index in [-0.39, 0.29) is 19.0 Å². The summed E-state index contributed by atoms with van der Waals surface area (Å²) in [6, 6.07) is 0. The Morgan fingerprint density at radius 3 is 2.67 bits per heavy atom. The largest absolute Gasteiger partial charge is 0.480 e. The van der Waals surface area contributed by atoms with E-state index in [1.807, 2.05) is 19.2 Å². The van der Waals surface area contributed by atoms with Crippen LogP contribution >= 0.6 is 22.7 Å². The van der Waals surface area contributed by atoms with Crippen molar-refractivity contribution in [1.29, 1.82) is 0 Å². The van der Waals surface area contributed by atoms with E-state index >= 15 is 0 Å². The summed E-state index contributed by atoms with van der Waals surface area (Å²) in [7, 11) is 0. The number of thiophene rings is 1. The second-order valence-electron chi connectivity index (χ2n) is 4.60. The van der Waals surface area contributed by atoms with Crippen LogP contribution < -0.4 is 0 Å². The molecule has 2 rings (SSSR count). The van der Waals surface area contributed by atoms with Crippen LogP contribution in [0.5, 0.6) is 0 Å². The van der Waals surface area contributed by atoms with Gasteiger partial charge in [0, 0.05) is 16.5 Å². The summed E-state index contributed by atoms with van der Waals surface area (Å²) >= 11 is 2.95. The smallest absolute Gasteiger partial charge is 0.323 e. The van der Waals surface area contributed by atoms with Crippen LogP contribution in [0.4, 0.5) is 0 Å². The van der Waals surface area contributed by atoms with Crippen LogP contribution in [0.3, 0.4) is 0 Å². The lowest BCUT2D eigenvalue weighted by Crippen LogP contribution is -2.35. The Kier molecular flexibility index (Phi) is 5.08. The van der Waals surface area contributed by atoms with Gasteiger partial charge < -0.3 is 10.0 Å². The van der Waals surface area contributed by atoms with Crippen LogP contribution in [-0.2, 0) is 17.8 Å². The van der Waals surface area contributed by atoms with Crippen LogP contribution in [0.2, 0.25) is 0 Å². The highest BCUT2D eigenvalue weighted by atomic mass is 32.1. The molecule has 0 aromatic carbocycles. The molecule has 1 amide bonds. The summed E-state index contributed by atoms with van der Waals surface area (Å²) in [4.78, 5) is 30.0. The third-order valence-corrected chi connectivity index (χ3v) is 4.94. The van der Waals surface area contributed by atoms with Crippen molar-refractivity contribution in [3.8, 4) is 0 Å². The Morgan fingerprint density at radius 2 is 2.14 bits per heavy atom. The number of nitrogens with zero attached hydrogens (tertiary/aromatic N) is 2. The summed E-state index contributed by atoms with van der Waals surface area (Å²) in [6.45, 7) is 3.83. The molecular weight excluding hydrogens is 308 g/mol. The normalized spacial score (nSPS) is 10.6. The molecule has 0 unspecified atom stereocenters. The second kappa shape index (κ2) is 6.82. The first-order chi connectivity index (χ1) is 10.0. The molecule has 0 aliphatic carbocycles. The van der Waals surface area contributed by atoms with Crippen LogP contribution in [0.15, 0.2) is 17.0 Å². The molecule has 0 fully saturated rings. The number of carbonyl (C=O) groups is 2. The van der Waals surface area contributed by atoms with Crippen LogP contribution in [0.25, 0.3) is 0 Å². The third-order valence-electron chi connectivity index (χ3n) is 2.95. The minimum atomic E-state index is -1.02. The van der Waals surface area contributed by atoms with E-state index in [9.17, 15) is 9.59 Å². The van der Waals surface area contributed by atoms with Crippen molar-refractivity contribution in [2.24, 2.45) is 0 Å². The van der Waals surface area contributed by atoms with Gasteiger partial charge in [0.25, 0.3) is 5.91 Å². The number of carboxylic acid groups (broad SMARTS) is 1. The van der Waals surface area contributed by atoms with Gasteiger partial charge in [-0.1, -0.05) is 6.92 Å². The van der Waals surface area contributed by atoms with Gasteiger partial charge in [0.15, 0.2) is 0 Å².